The summed E-state index contributed by atoms with van der Waals surface area (Å²) in [5.41, 5.74) is 6.40. The van der Waals surface area contributed by atoms with Crippen LogP contribution in [0.25, 0.3) is 5.65 Å². The quantitative estimate of drug-likeness (QED) is 0.775. The molecule has 1 unspecified atom stereocenters. The summed E-state index contributed by atoms with van der Waals surface area (Å²) < 4.78 is 1.41. The predicted molar refractivity (Wildman–Crippen MR) is 62.4 cm³/mol. The van der Waals surface area contributed by atoms with Crippen LogP contribution in [0.4, 0.5) is 5.82 Å². The Kier molecular flexibility index (Phi) is 2.22. The average Bonchev–Trinajstić information content (AvgIpc) is 3.09. The van der Waals surface area contributed by atoms with Gasteiger partial charge in [-0.1, -0.05) is 0 Å². The van der Waals surface area contributed by atoms with Crippen molar-refractivity contribution in [1.29, 1.82) is 0 Å². The maximum absolute atomic E-state index is 5.85. The molecule has 0 spiro atoms. The number of rotatable bonds is 4. The van der Waals surface area contributed by atoms with Gasteiger partial charge >= 0.3 is 0 Å². The highest BCUT2D eigenvalue weighted by Gasteiger charge is 2.40. The molecular formula is C10H15N7. The second-order valence-corrected chi connectivity index (χ2v) is 4.77. The fourth-order valence-electron chi connectivity index (χ4n) is 2.05. The van der Waals surface area contributed by atoms with Gasteiger partial charge < -0.3 is 11.1 Å². The number of aromatic nitrogens is 5. The smallest absolute Gasteiger partial charge is 0.200 e. The Morgan fingerprint density at radius 2 is 2.35 bits per heavy atom. The molecule has 90 valence electrons. The van der Waals surface area contributed by atoms with E-state index >= 15 is 0 Å². The van der Waals surface area contributed by atoms with E-state index in [1.807, 2.05) is 12.1 Å². The Hall–Kier alpha value is -1.76. The molecule has 7 nitrogen and oxygen atoms in total. The molecule has 7 heteroatoms. The van der Waals surface area contributed by atoms with Crippen LogP contribution in [-0.2, 0) is 0 Å². The zero-order chi connectivity index (χ0) is 11.9. The van der Waals surface area contributed by atoms with Crippen LogP contribution in [0.3, 0.4) is 0 Å². The van der Waals surface area contributed by atoms with Gasteiger partial charge in [0.15, 0.2) is 5.65 Å². The van der Waals surface area contributed by atoms with Gasteiger partial charge in [0, 0.05) is 6.54 Å². The number of nitrogens with two attached hydrogens (primary N) is 1. The first-order chi connectivity index (χ1) is 8.21. The third kappa shape index (κ3) is 1.82. The second kappa shape index (κ2) is 3.63. The standard InChI is InChI=1S/C10H15N7/c1-10(6-11,7-2-3-7)12-8-4-5-9-13-15-16-17(9)14-8/h4-5,7H,2-3,6,11H2,1H3,(H,12,14). The topological polar surface area (TPSA) is 94.0 Å². The van der Waals surface area contributed by atoms with Crippen molar-refractivity contribution in [2.75, 3.05) is 11.9 Å². The van der Waals surface area contributed by atoms with Crippen LogP contribution in [-0.4, -0.2) is 37.3 Å². The van der Waals surface area contributed by atoms with E-state index in [1.165, 1.54) is 17.5 Å². The van der Waals surface area contributed by atoms with E-state index in [2.05, 4.69) is 32.9 Å². The lowest BCUT2D eigenvalue weighted by Crippen LogP contribution is -2.45. The molecule has 0 aromatic carbocycles. The van der Waals surface area contributed by atoms with Crippen LogP contribution < -0.4 is 11.1 Å². The molecular weight excluding hydrogens is 218 g/mol. The van der Waals surface area contributed by atoms with Gasteiger partial charge in [-0.2, -0.15) is 0 Å². The summed E-state index contributed by atoms with van der Waals surface area (Å²) in [6.07, 6.45) is 2.46. The molecule has 0 bridgehead atoms. The van der Waals surface area contributed by atoms with Crippen LogP contribution in [0.2, 0.25) is 0 Å². The number of hydrogen-bond donors (Lipinski definition) is 2. The summed E-state index contributed by atoms with van der Waals surface area (Å²) in [5, 5.41) is 18.8. The first kappa shape index (κ1) is 10.4. The third-order valence-corrected chi connectivity index (χ3v) is 3.39. The molecule has 1 fully saturated rings. The Morgan fingerprint density at radius 1 is 1.53 bits per heavy atom. The number of nitrogens with one attached hydrogen (secondary N) is 1. The van der Waals surface area contributed by atoms with Gasteiger partial charge in [-0.3, -0.25) is 0 Å². The van der Waals surface area contributed by atoms with Crippen LogP contribution in [0.1, 0.15) is 19.8 Å². The minimum atomic E-state index is -0.0886. The molecule has 3 rings (SSSR count). The molecule has 17 heavy (non-hydrogen) atoms. The van der Waals surface area contributed by atoms with E-state index in [9.17, 15) is 0 Å². The normalized spacial score (nSPS) is 19.2. The molecule has 2 aromatic rings. The third-order valence-electron chi connectivity index (χ3n) is 3.39. The summed E-state index contributed by atoms with van der Waals surface area (Å²) in [6, 6.07) is 3.71. The maximum Gasteiger partial charge on any atom is 0.200 e. The molecule has 1 aliphatic rings. The number of hydrogen-bond acceptors (Lipinski definition) is 6. The Labute approximate surface area is 98.4 Å². The summed E-state index contributed by atoms with van der Waals surface area (Å²) in [4.78, 5) is 0. The molecule has 0 radical (unpaired) electrons. The summed E-state index contributed by atoms with van der Waals surface area (Å²) in [7, 11) is 0. The van der Waals surface area contributed by atoms with Gasteiger partial charge in [-0.25, -0.2) is 0 Å². The van der Waals surface area contributed by atoms with Gasteiger partial charge in [-0.05, 0) is 48.2 Å². The molecule has 0 aliphatic heterocycles. The van der Waals surface area contributed by atoms with Crippen molar-refractivity contribution >= 4 is 11.5 Å². The van der Waals surface area contributed by atoms with E-state index in [4.69, 9.17) is 5.73 Å². The van der Waals surface area contributed by atoms with Crippen molar-refractivity contribution in [3.05, 3.63) is 12.1 Å². The molecule has 3 N–H and O–H groups in total. The van der Waals surface area contributed by atoms with E-state index in [-0.39, 0.29) is 5.54 Å². The Balaban J connectivity index is 1.87. The van der Waals surface area contributed by atoms with Crippen LogP contribution in [0, 0.1) is 5.92 Å². The fraction of sp³-hybridized carbons (Fsp3) is 0.600. The largest absolute Gasteiger partial charge is 0.362 e. The molecule has 1 aliphatic carbocycles. The van der Waals surface area contributed by atoms with E-state index in [0.717, 1.165) is 5.82 Å². The lowest BCUT2D eigenvalue weighted by Gasteiger charge is -2.29. The molecule has 0 amide bonds. The SMILES string of the molecule is CC(CN)(Nc1ccc2nnnn2n1)C1CC1. The summed E-state index contributed by atoms with van der Waals surface area (Å²) in [6.45, 7) is 2.73. The maximum atomic E-state index is 5.85. The van der Waals surface area contributed by atoms with Crippen molar-refractivity contribution in [1.82, 2.24) is 25.3 Å². The van der Waals surface area contributed by atoms with Crippen molar-refractivity contribution in [2.45, 2.75) is 25.3 Å². The van der Waals surface area contributed by atoms with Crippen LogP contribution in [0.15, 0.2) is 12.1 Å². The van der Waals surface area contributed by atoms with E-state index < -0.39 is 0 Å². The van der Waals surface area contributed by atoms with Crippen LogP contribution in [0.5, 0.6) is 0 Å². The lowest BCUT2D eigenvalue weighted by molar-refractivity contribution is 0.456. The van der Waals surface area contributed by atoms with Crippen molar-refractivity contribution in [3.8, 4) is 0 Å². The predicted octanol–water partition coefficient (Wildman–Crippen LogP) is 0.0586. The van der Waals surface area contributed by atoms with Crippen molar-refractivity contribution < 1.29 is 0 Å². The molecule has 2 heterocycles. The highest BCUT2D eigenvalue weighted by Crippen LogP contribution is 2.40. The monoisotopic (exact) mass is 233 g/mol. The van der Waals surface area contributed by atoms with Gasteiger partial charge in [-0.15, -0.1) is 14.8 Å². The molecule has 0 saturated heterocycles. The Morgan fingerprint density at radius 3 is 3.06 bits per heavy atom. The molecule has 1 atom stereocenters. The molecule has 1 saturated carbocycles. The fourth-order valence-corrected chi connectivity index (χ4v) is 2.05. The summed E-state index contributed by atoms with van der Waals surface area (Å²) >= 11 is 0. The Bertz CT molecular complexity index is 532. The second-order valence-electron chi connectivity index (χ2n) is 4.77. The van der Waals surface area contributed by atoms with Gasteiger partial charge in [0.25, 0.3) is 0 Å². The van der Waals surface area contributed by atoms with Gasteiger partial charge in [0.05, 0.1) is 5.54 Å². The van der Waals surface area contributed by atoms with Gasteiger partial charge in [0.2, 0.25) is 0 Å². The first-order valence-electron chi connectivity index (χ1n) is 5.75. The molecule has 2 aromatic heterocycles. The number of tetrazole rings is 1. The highest BCUT2D eigenvalue weighted by atomic mass is 15.6. The van der Waals surface area contributed by atoms with Crippen molar-refractivity contribution in [2.24, 2.45) is 11.7 Å². The van der Waals surface area contributed by atoms with E-state index in [1.54, 1.807) is 0 Å². The minimum Gasteiger partial charge on any atom is -0.362 e. The van der Waals surface area contributed by atoms with Crippen LogP contribution >= 0.6 is 0 Å². The van der Waals surface area contributed by atoms with Gasteiger partial charge in [0.1, 0.15) is 5.82 Å². The van der Waals surface area contributed by atoms with E-state index in [0.29, 0.717) is 18.1 Å². The number of nitrogens with zero attached hydrogens (tertiary/aromatic N) is 5. The van der Waals surface area contributed by atoms with Crippen molar-refractivity contribution in [3.63, 3.8) is 0 Å². The first-order valence-corrected chi connectivity index (χ1v) is 5.75. The average molecular weight is 233 g/mol. The zero-order valence-electron chi connectivity index (χ0n) is 9.67. The lowest BCUT2D eigenvalue weighted by atomic mass is 9.96. The highest BCUT2D eigenvalue weighted by molar-refractivity contribution is 5.44. The number of fused-ring (bicyclic) bond motifs is 1. The zero-order valence-corrected chi connectivity index (χ0v) is 9.67. The summed E-state index contributed by atoms with van der Waals surface area (Å²) in [5.74, 6) is 1.39. The number of anilines is 1. The minimum absolute atomic E-state index is 0.0886.